The fraction of sp³-hybridized carbons (Fsp3) is 0.273. The molecule has 6 atom stereocenters. The van der Waals surface area contributed by atoms with E-state index in [1.165, 1.54) is 29.2 Å². The highest BCUT2D eigenvalue weighted by atomic mass is 127. The van der Waals surface area contributed by atoms with Gasteiger partial charge in [0.2, 0.25) is 23.6 Å². The number of nitrogens with zero attached hydrogens (tertiary/aromatic N) is 2. The third kappa shape index (κ3) is 4.11. The van der Waals surface area contributed by atoms with Gasteiger partial charge in [0, 0.05) is 14.5 Å². The SMILES string of the molecule is C[C@@]12C(=O)N(c3ccc(F)c(Cl)c3)C(=O)[C@@H]1C[C@@H]1C(=CC[C@@H]3C(=O)N(c4ccc(I)cc4)C(=O)[C@@H]31)[C@@H]2c1ccc(O)cc1Cl. The first-order chi connectivity index (χ1) is 20.9. The van der Waals surface area contributed by atoms with E-state index in [9.17, 15) is 28.7 Å². The molecule has 1 N–H and O–H groups in total. The highest BCUT2D eigenvalue weighted by Crippen LogP contribution is 2.64. The van der Waals surface area contributed by atoms with Crippen LogP contribution in [0.3, 0.4) is 0 Å². The van der Waals surface area contributed by atoms with E-state index in [2.05, 4.69) is 22.6 Å². The lowest BCUT2D eigenvalue weighted by atomic mass is 9.51. The summed E-state index contributed by atoms with van der Waals surface area (Å²) in [5, 5.41) is 10.1. The van der Waals surface area contributed by atoms with Gasteiger partial charge in [0.25, 0.3) is 0 Å². The molecule has 44 heavy (non-hydrogen) atoms. The maximum atomic E-state index is 14.4. The Hall–Kier alpha value is -3.28. The van der Waals surface area contributed by atoms with Gasteiger partial charge < -0.3 is 5.11 Å². The van der Waals surface area contributed by atoms with Gasteiger partial charge in [-0.25, -0.2) is 9.29 Å². The van der Waals surface area contributed by atoms with Crippen LogP contribution >= 0.6 is 45.8 Å². The summed E-state index contributed by atoms with van der Waals surface area (Å²) in [5.74, 6) is -5.87. The number of aromatic hydroxyl groups is 1. The standard InChI is InChI=1S/C33H24Cl2FIN2O5/c1-33-23(30(42)39(32(33)44)17-6-11-26(36)25(35)12-17)14-22-19(28(33)20-8-7-18(40)13-24(20)34)9-10-21-27(22)31(43)38(29(21)41)16-4-2-15(37)3-5-16/h2-9,11-13,21-23,27-28,40H,10,14H2,1H3/t21-,22+,23-,27-,28+,33+/m0/s1. The topological polar surface area (TPSA) is 95.0 Å². The second-order valence-electron chi connectivity index (χ2n) is 12.0. The van der Waals surface area contributed by atoms with Crippen LogP contribution in [0.15, 0.2) is 72.3 Å². The van der Waals surface area contributed by atoms with Gasteiger partial charge in [-0.05, 0) is 108 Å². The first-order valence-corrected chi connectivity index (χ1v) is 15.9. The van der Waals surface area contributed by atoms with Gasteiger partial charge in [0.05, 0.1) is 39.6 Å². The quantitative estimate of drug-likeness (QED) is 0.179. The third-order valence-electron chi connectivity index (χ3n) is 9.82. The number of benzene rings is 3. The van der Waals surface area contributed by atoms with Crippen LogP contribution in [0.2, 0.25) is 10.0 Å². The normalized spacial score (nSPS) is 29.5. The maximum absolute atomic E-state index is 14.4. The number of rotatable bonds is 3. The summed E-state index contributed by atoms with van der Waals surface area (Å²) in [4.78, 5) is 58.8. The molecule has 7 nitrogen and oxygen atoms in total. The van der Waals surface area contributed by atoms with Crippen molar-refractivity contribution in [3.05, 3.63) is 97.3 Å². The molecule has 3 aromatic rings. The fourth-order valence-electron chi connectivity index (χ4n) is 7.82. The van der Waals surface area contributed by atoms with Crippen molar-refractivity contribution >= 4 is 80.8 Å². The van der Waals surface area contributed by atoms with Crippen molar-refractivity contribution in [3.63, 3.8) is 0 Å². The summed E-state index contributed by atoms with van der Waals surface area (Å²) < 4.78 is 15.0. The van der Waals surface area contributed by atoms with Crippen molar-refractivity contribution in [1.29, 1.82) is 0 Å². The summed E-state index contributed by atoms with van der Waals surface area (Å²) >= 11 is 14.9. The molecule has 7 rings (SSSR count). The molecule has 3 fully saturated rings. The minimum Gasteiger partial charge on any atom is -0.508 e. The summed E-state index contributed by atoms with van der Waals surface area (Å²) in [6.45, 7) is 1.72. The Labute approximate surface area is 275 Å². The number of phenols is 1. The number of carbonyl (C=O) groups excluding carboxylic acids is 4. The number of carbonyl (C=O) groups is 4. The number of anilines is 2. The van der Waals surface area contributed by atoms with Crippen LogP contribution < -0.4 is 9.80 Å². The molecule has 4 aliphatic rings. The lowest BCUT2D eigenvalue weighted by Crippen LogP contribution is -2.49. The monoisotopic (exact) mass is 744 g/mol. The van der Waals surface area contributed by atoms with Crippen LogP contribution in [0.5, 0.6) is 5.75 Å². The fourth-order valence-corrected chi connectivity index (χ4v) is 8.64. The van der Waals surface area contributed by atoms with Gasteiger partial charge in [-0.2, -0.15) is 0 Å². The first kappa shape index (κ1) is 29.4. The highest BCUT2D eigenvalue weighted by Gasteiger charge is 2.67. The van der Waals surface area contributed by atoms with Crippen molar-refractivity contribution < 1.29 is 28.7 Å². The van der Waals surface area contributed by atoms with Crippen molar-refractivity contribution in [2.24, 2.45) is 29.1 Å². The zero-order valence-corrected chi connectivity index (χ0v) is 26.8. The zero-order chi connectivity index (χ0) is 31.2. The van der Waals surface area contributed by atoms with Crippen LogP contribution in [0.25, 0.3) is 0 Å². The van der Waals surface area contributed by atoms with Gasteiger partial charge in [0.1, 0.15) is 11.6 Å². The average molecular weight is 745 g/mol. The zero-order valence-electron chi connectivity index (χ0n) is 23.1. The number of amides is 4. The predicted octanol–water partition coefficient (Wildman–Crippen LogP) is 6.88. The molecule has 2 saturated heterocycles. The molecule has 2 heterocycles. The Morgan fingerprint density at radius 1 is 0.864 bits per heavy atom. The summed E-state index contributed by atoms with van der Waals surface area (Å²) in [6, 6.07) is 15.3. The van der Waals surface area contributed by atoms with E-state index in [-0.39, 0.29) is 46.1 Å². The van der Waals surface area contributed by atoms with Gasteiger partial charge in [-0.1, -0.05) is 40.9 Å². The molecule has 11 heteroatoms. The molecule has 0 bridgehead atoms. The molecule has 4 amide bonds. The van der Waals surface area contributed by atoms with E-state index < -0.39 is 52.6 Å². The first-order valence-electron chi connectivity index (χ1n) is 14.1. The molecule has 2 aliphatic carbocycles. The molecular formula is C33H24Cl2FIN2O5. The summed E-state index contributed by atoms with van der Waals surface area (Å²) in [7, 11) is 0. The molecule has 0 radical (unpaired) electrons. The largest absolute Gasteiger partial charge is 0.508 e. The third-order valence-corrected chi connectivity index (χ3v) is 11.2. The highest BCUT2D eigenvalue weighted by molar-refractivity contribution is 14.1. The van der Waals surface area contributed by atoms with E-state index in [0.717, 1.165) is 20.1 Å². The van der Waals surface area contributed by atoms with E-state index in [1.54, 1.807) is 25.1 Å². The van der Waals surface area contributed by atoms with Crippen LogP contribution in [0, 0.1) is 38.5 Å². The van der Waals surface area contributed by atoms with Crippen molar-refractivity contribution in [3.8, 4) is 5.75 Å². The molecule has 3 aromatic carbocycles. The Kier molecular flexibility index (Phi) is 6.95. The molecule has 224 valence electrons. The van der Waals surface area contributed by atoms with Gasteiger partial charge in [-0.3, -0.25) is 24.1 Å². The average Bonchev–Trinajstić information content (AvgIpc) is 3.35. The second-order valence-corrected chi connectivity index (χ2v) is 14.0. The predicted molar refractivity (Wildman–Crippen MR) is 171 cm³/mol. The number of imide groups is 2. The van der Waals surface area contributed by atoms with Crippen molar-refractivity contribution in [2.75, 3.05) is 9.80 Å². The minimum atomic E-state index is -1.34. The minimum absolute atomic E-state index is 0.0633. The number of hydrogen-bond acceptors (Lipinski definition) is 5. The van der Waals surface area contributed by atoms with Crippen molar-refractivity contribution in [2.45, 2.75) is 25.7 Å². The van der Waals surface area contributed by atoms with E-state index in [1.807, 2.05) is 18.2 Å². The van der Waals surface area contributed by atoms with Gasteiger partial charge in [-0.15, -0.1) is 0 Å². The van der Waals surface area contributed by atoms with E-state index >= 15 is 0 Å². The molecular weight excluding hydrogens is 721 g/mol. The Morgan fingerprint density at radius 2 is 1.57 bits per heavy atom. The lowest BCUT2D eigenvalue weighted by molar-refractivity contribution is -0.131. The van der Waals surface area contributed by atoms with E-state index in [4.69, 9.17) is 23.2 Å². The van der Waals surface area contributed by atoms with Crippen LogP contribution in [-0.4, -0.2) is 28.7 Å². The smallest absolute Gasteiger partial charge is 0.241 e. The molecule has 1 saturated carbocycles. The number of halogens is 4. The maximum Gasteiger partial charge on any atom is 0.241 e. The number of allylic oxidation sites excluding steroid dienone is 2. The molecule has 0 spiro atoms. The Bertz CT molecular complexity index is 1830. The van der Waals surface area contributed by atoms with Crippen LogP contribution in [-0.2, 0) is 19.2 Å². The molecule has 0 unspecified atom stereocenters. The summed E-state index contributed by atoms with van der Waals surface area (Å²) in [6.07, 6.45) is 2.37. The number of hydrogen-bond donors (Lipinski definition) is 1. The second kappa shape index (κ2) is 10.4. The molecule has 2 aliphatic heterocycles. The Morgan fingerprint density at radius 3 is 2.25 bits per heavy atom. The van der Waals surface area contributed by atoms with Gasteiger partial charge in [0.15, 0.2) is 0 Å². The Balaban J connectivity index is 1.37. The molecule has 0 aromatic heterocycles. The number of fused-ring (bicyclic) bond motifs is 4. The summed E-state index contributed by atoms with van der Waals surface area (Å²) in [5.41, 5.74) is 0.585. The van der Waals surface area contributed by atoms with Gasteiger partial charge >= 0.3 is 0 Å². The lowest BCUT2D eigenvalue weighted by Gasteiger charge is -2.49. The van der Waals surface area contributed by atoms with Crippen molar-refractivity contribution in [1.82, 2.24) is 0 Å². The van der Waals surface area contributed by atoms with Crippen LogP contribution in [0.1, 0.15) is 31.2 Å². The van der Waals surface area contributed by atoms with E-state index in [0.29, 0.717) is 11.3 Å². The number of phenolic OH excluding ortho intramolecular Hbond substituents is 1. The van der Waals surface area contributed by atoms with Crippen LogP contribution in [0.4, 0.5) is 15.8 Å².